The summed E-state index contributed by atoms with van der Waals surface area (Å²) in [6.07, 6.45) is 4.49. The number of nitrogens with zero attached hydrogens (tertiary/aromatic N) is 2. The van der Waals surface area contributed by atoms with E-state index in [4.69, 9.17) is 0 Å². The number of benzene rings is 1. The Bertz CT molecular complexity index is 547. The van der Waals surface area contributed by atoms with Crippen molar-refractivity contribution in [3.63, 3.8) is 0 Å². The Morgan fingerprint density at radius 2 is 2.17 bits per heavy atom. The molecule has 1 aliphatic rings. The fraction of sp³-hybridized carbons (Fsp3) is 0.286. The Balaban J connectivity index is 1.72. The van der Waals surface area contributed by atoms with E-state index in [1.165, 1.54) is 5.56 Å². The summed E-state index contributed by atoms with van der Waals surface area (Å²) < 4.78 is 1.92. The number of rotatable bonds is 3. The third kappa shape index (κ3) is 2.27. The van der Waals surface area contributed by atoms with Gasteiger partial charge >= 0.3 is 0 Å². The van der Waals surface area contributed by atoms with E-state index in [-0.39, 0.29) is 11.8 Å². The lowest BCUT2D eigenvalue weighted by atomic mass is 10.0. The van der Waals surface area contributed by atoms with Crippen LogP contribution < -0.4 is 5.32 Å². The summed E-state index contributed by atoms with van der Waals surface area (Å²) in [7, 11) is 0. The molecular weight excluding hydrogens is 226 g/mol. The van der Waals surface area contributed by atoms with E-state index in [0.717, 1.165) is 18.7 Å². The molecule has 3 rings (SSSR count). The molecule has 92 valence electrons. The van der Waals surface area contributed by atoms with E-state index in [0.29, 0.717) is 6.42 Å². The normalized spacial score (nSPS) is 18.9. The first-order valence-corrected chi connectivity index (χ1v) is 6.14. The van der Waals surface area contributed by atoms with Gasteiger partial charge in [0.15, 0.2) is 0 Å². The minimum atomic E-state index is 0.135. The van der Waals surface area contributed by atoms with Crippen LogP contribution in [0, 0.1) is 0 Å². The standard InChI is InChI=1S/C14H15N3O/c18-14-6-12(7-15-14)13-8-16-17(10-13)9-11-4-2-1-3-5-11/h1-5,8,10,12H,6-7,9H2,(H,15,18). The van der Waals surface area contributed by atoms with Crippen LogP contribution in [-0.2, 0) is 11.3 Å². The maximum atomic E-state index is 11.2. The summed E-state index contributed by atoms with van der Waals surface area (Å²) in [4.78, 5) is 11.2. The number of carbonyl (C=O) groups is 1. The Kier molecular flexibility index (Phi) is 2.84. The van der Waals surface area contributed by atoms with E-state index >= 15 is 0 Å². The van der Waals surface area contributed by atoms with Gasteiger partial charge in [0, 0.05) is 25.1 Å². The molecule has 2 heterocycles. The fourth-order valence-corrected chi connectivity index (χ4v) is 2.29. The molecule has 1 aromatic carbocycles. The second-order valence-electron chi connectivity index (χ2n) is 4.66. The summed E-state index contributed by atoms with van der Waals surface area (Å²) in [6, 6.07) is 10.2. The first-order chi connectivity index (χ1) is 8.81. The zero-order chi connectivity index (χ0) is 12.4. The Morgan fingerprint density at radius 3 is 2.89 bits per heavy atom. The molecule has 1 aromatic heterocycles. The second kappa shape index (κ2) is 4.64. The molecule has 0 spiro atoms. The monoisotopic (exact) mass is 241 g/mol. The van der Waals surface area contributed by atoms with E-state index < -0.39 is 0 Å². The lowest BCUT2D eigenvalue weighted by molar-refractivity contribution is -0.119. The number of aromatic nitrogens is 2. The molecule has 1 N–H and O–H groups in total. The highest BCUT2D eigenvalue weighted by Gasteiger charge is 2.23. The number of carbonyl (C=O) groups excluding carboxylic acids is 1. The van der Waals surface area contributed by atoms with Crippen molar-refractivity contribution < 1.29 is 4.79 Å². The number of hydrogen-bond donors (Lipinski definition) is 1. The third-order valence-electron chi connectivity index (χ3n) is 3.29. The lowest BCUT2D eigenvalue weighted by Crippen LogP contribution is -2.13. The van der Waals surface area contributed by atoms with Crippen LogP contribution in [0.5, 0.6) is 0 Å². The summed E-state index contributed by atoms with van der Waals surface area (Å²) >= 11 is 0. The van der Waals surface area contributed by atoms with E-state index in [1.54, 1.807) is 0 Å². The highest BCUT2D eigenvalue weighted by Crippen LogP contribution is 2.22. The molecule has 1 saturated heterocycles. The van der Waals surface area contributed by atoms with Gasteiger partial charge in [-0.05, 0) is 11.1 Å². The highest BCUT2D eigenvalue weighted by atomic mass is 16.1. The zero-order valence-corrected chi connectivity index (χ0v) is 10.0. The molecule has 4 heteroatoms. The molecule has 1 amide bonds. The predicted molar refractivity (Wildman–Crippen MR) is 68.1 cm³/mol. The Hall–Kier alpha value is -2.10. The first-order valence-electron chi connectivity index (χ1n) is 6.14. The van der Waals surface area contributed by atoms with Crippen molar-refractivity contribution in [3.05, 3.63) is 53.9 Å². The molecule has 1 aliphatic heterocycles. The lowest BCUT2D eigenvalue weighted by Gasteiger charge is -2.03. The molecule has 0 saturated carbocycles. The van der Waals surface area contributed by atoms with Crippen LogP contribution in [0.15, 0.2) is 42.7 Å². The molecule has 2 aromatic rings. The minimum Gasteiger partial charge on any atom is -0.355 e. The first kappa shape index (κ1) is 11.0. The van der Waals surface area contributed by atoms with Crippen molar-refractivity contribution >= 4 is 5.91 Å². The molecule has 0 aliphatic carbocycles. The van der Waals surface area contributed by atoms with Crippen molar-refractivity contribution in [2.45, 2.75) is 18.9 Å². The third-order valence-corrected chi connectivity index (χ3v) is 3.29. The van der Waals surface area contributed by atoms with E-state index in [2.05, 4.69) is 22.5 Å². The van der Waals surface area contributed by atoms with Gasteiger partial charge in [-0.3, -0.25) is 9.48 Å². The van der Waals surface area contributed by atoms with Gasteiger partial charge in [0.05, 0.1) is 12.7 Å². The van der Waals surface area contributed by atoms with E-state index in [9.17, 15) is 4.79 Å². The molecule has 1 fully saturated rings. The number of hydrogen-bond acceptors (Lipinski definition) is 2. The van der Waals surface area contributed by atoms with Gasteiger partial charge in [-0.15, -0.1) is 0 Å². The van der Waals surface area contributed by atoms with Crippen LogP contribution in [0.4, 0.5) is 0 Å². The van der Waals surface area contributed by atoms with Crippen LogP contribution in [-0.4, -0.2) is 22.2 Å². The van der Waals surface area contributed by atoms with Crippen molar-refractivity contribution in [2.75, 3.05) is 6.54 Å². The Morgan fingerprint density at radius 1 is 1.33 bits per heavy atom. The molecular formula is C14H15N3O. The van der Waals surface area contributed by atoms with Gasteiger partial charge in [0.25, 0.3) is 0 Å². The molecule has 0 radical (unpaired) electrons. The maximum Gasteiger partial charge on any atom is 0.220 e. The van der Waals surface area contributed by atoms with Crippen LogP contribution in [0.2, 0.25) is 0 Å². The van der Waals surface area contributed by atoms with Gasteiger partial charge in [0.2, 0.25) is 5.91 Å². The second-order valence-corrected chi connectivity index (χ2v) is 4.66. The average molecular weight is 241 g/mol. The summed E-state index contributed by atoms with van der Waals surface area (Å²) in [5.41, 5.74) is 2.37. The minimum absolute atomic E-state index is 0.135. The van der Waals surface area contributed by atoms with Gasteiger partial charge in [0.1, 0.15) is 0 Å². The Labute approximate surface area is 106 Å². The van der Waals surface area contributed by atoms with Crippen molar-refractivity contribution in [1.82, 2.24) is 15.1 Å². The van der Waals surface area contributed by atoms with Crippen LogP contribution in [0.1, 0.15) is 23.5 Å². The summed E-state index contributed by atoms with van der Waals surface area (Å²) in [6.45, 7) is 1.50. The van der Waals surface area contributed by atoms with Crippen molar-refractivity contribution in [1.29, 1.82) is 0 Å². The van der Waals surface area contributed by atoms with Gasteiger partial charge in [-0.25, -0.2) is 0 Å². The number of nitrogens with one attached hydrogen (secondary N) is 1. The molecule has 1 unspecified atom stereocenters. The largest absolute Gasteiger partial charge is 0.355 e. The molecule has 4 nitrogen and oxygen atoms in total. The van der Waals surface area contributed by atoms with Gasteiger partial charge in [-0.2, -0.15) is 5.10 Å². The number of amides is 1. The molecule has 1 atom stereocenters. The predicted octanol–water partition coefficient (Wildman–Crippen LogP) is 1.53. The van der Waals surface area contributed by atoms with E-state index in [1.807, 2.05) is 35.3 Å². The fourth-order valence-electron chi connectivity index (χ4n) is 2.29. The SMILES string of the molecule is O=C1CC(c2cnn(Cc3ccccc3)c2)CN1. The highest BCUT2D eigenvalue weighted by molar-refractivity contribution is 5.79. The molecule has 0 bridgehead atoms. The van der Waals surface area contributed by atoms with Crippen molar-refractivity contribution in [3.8, 4) is 0 Å². The van der Waals surface area contributed by atoms with Gasteiger partial charge in [-0.1, -0.05) is 30.3 Å². The van der Waals surface area contributed by atoms with Crippen molar-refractivity contribution in [2.24, 2.45) is 0 Å². The van der Waals surface area contributed by atoms with Crippen LogP contribution in [0.3, 0.4) is 0 Å². The quantitative estimate of drug-likeness (QED) is 0.886. The topological polar surface area (TPSA) is 46.9 Å². The maximum absolute atomic E-state index is 11.2. The average Bonchev–Trinajstić information content (AvgIpc) is 2.99. The molecule has 18 heavy (non-hydrogen) atoms. The zero-order valence-electron chi connectivity index (χ0n) is 10.0. The smallest absolute Gasteiger partial charge is 0.220 e. The summed E-state index contributed by atoms with van der Waals surface area (Å²) in [5.74, 6) is 0.415. The van der Waals surface area contributed by atoms with Crippen LogP contribution >= 0.6 is 0 Å². The van der Waals surface area contributed by atoms with Crippen LogP contribution in [0.25, 0.3) is 0 Å². The summed E-state index contributed by atoms with van der Waals surface area (Å²) in [5, 5.41) is 7.21. The van der Waals surface area contributed by atoms with Gasteiger partial charge < -0.3 is 5.32 Å².